The van der Waals surface area contributed by atoms with E-state index in [9.17, 15) is 5.11 Å². The largest absolute Gasteiger partial charge is 0.508 e. The minimum absolute atomic E-state index is 0.0213. The standard InChI is InChI=1S/C17H15N3O3/c21-8-6-18-17-16(19-15-3-1-2-7-20(15)17)14-10-11-9-12(22)4-5-13(11)23-14/h1-5,7,9-10,18,21-22H,6,8H2. The van der Waals surface area contributed by atoms with Crippen LogP contribution >= 0.6 is 0 Å². The molecule has 0 amide bonds. The van der Waals surface area contributed by atoms with E-state index in [2.05, 4.69) is 10.3 Å². The van der Waals surface area contributed by atoms with Gasteiger partial charge in [-0.3, -0.25) is 4.40 Å². The summed E-state index contributed by atoms with van der Waals surface area (Å²) in [5.41, 5.74) is 2.13. The number of nitrogens with one attached hydrogen (secondary N) is 1. The highest BCUT2D eigenvalue weighted by atomic mass is 16.3. The number of phenolic OH excluding ortho intramolecular Hbond substituents is 1. The van der Waals surface area contributed by atoms with E-state index >= 15 is 0 Å². The predicted octanol–water partition coefficient (Wildman–Crippen LogP) is 2.86. The number of hydrogen-bond acceptors (Lipinski definition) is 5. The maximum atomic E-state index is 9.59. The Labute approximate surface area is 131 Å². The Morgan fingerprint density at radius 3 is 2.96 bits per heavy atom. The van der Waals surface area contributed by atoms with Crippen molar-refractivity contribution in [3.8, 4) is 17.2 Å². The van der Waals surface area contributed by atoms with Crippen molar-refractivity contribution in [1.82, 2.24) is 9.38 Å². The lowest BCUT2D eigenvalue weighted by Crippen LogP contribution is -2.08. The smallest absolute Gasteiger partial charge is 0.157 e. The quantitative estimate of drug-likeness (QED) is 0.540. The number of imidazole rings is 1. The molecule has 4 rings (SSSR count). The molecule has 0 saturated carbocycles. The Kier molecular flexibility index (Phi) is 3.17. The molecule has 1 aromatic carbocycles. The van der Waals surface area contributed by atoms with Crippen LogP contribution in [0.15, 0.2) is 53.1 Å². The summed E-state index contributed by atoms with van der Waals surface area (Å²) in [5, 5.41) is 22.7. The molecule has 23 heavy (non-hydrogen) atoms. The van der Waals surface area contributed by atoms with Crippen molar-refractivity contribution >= 4 is 22.4 Å². The van der Waals surface area contributed by atoms with E-state index in [0.717, 1.165) is 16.9 Å². The summed E-state index contributed by atoms with van der Waals surface area (Å²) in [6.07, 6.45) is 1.90. The molecule has 0 spiro atoms. The van der Waals surface area contributed by atoms with Crippen LogP contribution in [0.5, 0.6) is 5.75 Å². The van der Waals surface area contributed by atoms with Gasteiger partial charge in [-0.2, -0.15) is 0 Å². The summed E-state index contributed by atoms with van der Waals surface area (Å²) in [6, 6.07) is 12.6. The van der Waals surface area contributed by atoms with Gasteiger partial charge in [0, 0.05) is 18.1 Å². The van der Waals surface area contributed by atoms with E-state index in [4.69, 9.17) is 9.52 Å². The molecule has 3 heterocycles. The summed E-state index contributed by atoms with van der Waals surface area (Å²) in [5.74, 6) is 1.56. The first kappa shape index (κ1) is 13.7. The number of hydrogen-bond donors (Lipinski definition) is 3. The van der Waals surface area contributed by atoms with E-state index in [-0.39, 0.29) is 12.4 Å². The molecule has 6 nitrogen and oxygen atoms in total. The molecule has 0 bridgehead atoms. The van der Waals surface area contributed by atoms with Crippen LogP contribution in [0.1, 0.15) is 0 Å². The van der Waals surface area contributed by atoms with Gasteiger partial charge in [0.2, 0.25) is 0 Å². The van der Waals surface area contributed by atoms with Crippen molar-refractivity contribution in [3.05, 3.63) is 48.7 Å². The molecule has 0 radical (unpaired) electrons. The van der Waals surface area contributed by atoms with Gasteiger partial charge in [0.25, 0.3) is 0 Å². The summed E-state index contributed by atoms with van der Waals surface area (Å²) in [4.78, 5) is 4.62. The second-order valence-electron chi connectivity index (χ2n) is 5.22. The van der Waals surface area contributed by atoms with E-state index in [1.807, 2.05) is 34.9 Å². The molecule has 6 heteroatoms. The van der Waals surface area contributed by atoms with Crippen LogP contribution in [0.3, 0.4) is 0 Å². The molecular formula is C17H15N3O3. The highest BCUT2D eigenvalue weighted by Gasteiger charge is 2.17. The lowest BCUT2D eigenvalue weighted by atomic mass is 10.2. The van der Waals surface area contributed by atoms with Gasteiger partial charge in [-0.15, -0.1) is 0 Å². The molecule has 0 aliphatic carbocycles. The van der Waals surface area contributed by atoms with Crippen LogP contribution in [-0.4, -0.2) is 32.7 Å². The fraction of sp³-hybridized carbons (Fsp3) is 0.118. The Bertz CT molecular complexity index is 987. The van der Waals surface area contributed by atoms with Crippen LogP contribution in [0.2, 0.25) is 0 Å². The molecule has 0 aliphatic rings. The molecule has 116 valence electrons. The number of pyridine rings is 1. The van der Waals surface area contributed by atoms with E-state index in [1.165, 1.54) is 0 Å². The molecular weight excluding hydrogens is 294 g/mol. The summed E-state index contributed by atoms with van der Waals surface area (Å²) < 4.78 is 7.78. The minimum Gasteiger partial charge on any atom is -0.508 e. The van der Waals surface area contributed by atoms with Gasteiger partial charge in [-0.25, -0.2) is 4.98 Å². The Balaban J connectivity index is 1.91. The molecule has 0 aliphatic heterocycles. The molecule has 0 unspecified atom stereocenters. The fourth-order valence-corrected chi connectivity index (χ4v) is 2.66. The SMILES string of the molecule is OCCNc1c(-c2cc3cc(O)ccc3o2)nc2ccccn12. The van der Waals surface area contributed by atoms with Crippen molar-refractivity contribution in [3.63, 3.8) is 0 Å². The van der Waals surface area contributed by atoms with Gasteiger partial charge >= 0.3 is 0 Å². The summed E-state index contributed by atoms with van der Waals surface area (Å²) in [6.45, 7) is 0.435. The number of benzene rings is 1. The molecule has 0 saturated heterocycles. The van der Waals surface area contributed by atoms with Crippen LogP contribution in [0, 0.1) is 0 Å². The number of aromatic hydroxyl groups is 1. The van der Waals surface area contributed by atoms with Gasteiger partial charge in [0.05, 0.1) is 6.61 Å². The number of nitrogens with zero attached hydrogens (tertiary/aromatic N) is 2. The highest BCUT2D eigenvalue weighted by molar-refractivity contribution is 5.86. The van der Waals surface area contributed by atoms with Gasteiger partial charge in [-0.05, 0) is 36.4 Å². The van der Waals surface area contributed by atoms with Crippen molar-refractivity contribution < 1.29 is 14.6 Å². The van der Waals surface area contributed by atoms with E-state index in [0.29, 0.717) is 23.6 Å². The maximum absolute atomic E-state index is 9.59. The van der Waals surface area contributed by atoms with Crippen LogP contribution in [-0.2, 0) is 0 Å². The lowest BCUT2D eigenvalue weighted by Gasteiger charge is -2.05. The van der Waals surface area contributed by atoms with E-state index < -0.39 is 0 Å². The molecule has 3 aromatic heterocycles. The second-order valence-corrected chi connectivity index (χ2v) is 5.22. The van der Waals surface area contributed by atoms with Crippen LogP contribution in [0.25, 0.3) is 28.1 Å². The zero-order chi connectivity index (χ0) is 15.8. The molecule has 0 atom stereocenters. The van der Waals surface area contributed by atoms with Crippen molar-refractivity contribution in [2.75, 3.05) is 18.5 Å². The highest BCUT2D eigenvalue weighted by Crippen LogP contribution is 2.34. The normalized spacial score (nSPS) is 11.3. The summed E-state index contributed by atoms with van der Waals surface area (Å²) >= 11 is 0. The number of furan rings is 1. The second kappa shape index (κ2) is 5.33. The first-order valence-corrected chi connectivity index (χ1v) is 7.31. The zero-order valence-electron chi connectivity index (χ0n) is 12.2. The van der Waals surface area contributed by atoms with Gasteiger partial charge in [-0.1, -0.05) is 6.07 Å². The maximum Gasteiger partial charge on any atom is 0.157 e. The minimum atomic E-state index is 0.0213. The monoisotopic (exact) mass is 309 g/mol. The number of rotatable bonds is 4. The number of aliphatic hydroxyl groups is 1. The van der Waals surface area contributed by atoms with Crippen LogP contribution in [0.4, 0.5) is 5.82 Å². The Hall–Kier alpha value is -2.99. The van der Waals surface area contributed by atoms with Gasteiger partial charge in [0.15, 0.2) is 5.76 Å². The summed E-state index contributed by atoms with van der Waals surface area (Å²) in [7, 11) is 0. The third-order valence-corrected chi connectivity index (χ3v) is 3.67. The number of phenols is 1. The van der Waals surface area contributed by atoms with Crippen molar-refractivity contribution in [1.29, 1.82) is 0 Å². The average molecular weight is 309 g/mol. The molecule has 3 N–H and O–H groups in total. The fourth-order valence-electron chi connectivity index (χ4n) is 2.66. The third-order valence-electron chi connectivity index (χ3n) is 3.67. The van der Waals surface area contributed by atoms with Gasteiger partial charge < -0.3 is 19.9 Å². The topological polar surface area (TPSA) is 82.9 Å². The Morgan fingerprint density at radius 2 is 2.09 bits per heavy atom. The van der Waals surface area contributed by atoms with E-state index in [1.54, 1.807) is 18.2 Å². The molecule has 4 aromatic rings. The Morgan fingerprint density at radius 1 is 1.17 bits per heavy atom. The number of anilines is 1. The van der Waals surface area contributed by atoms with Crippen LogP contribution < -0.4 is 5.32 Å². The predicted molar refractivity (Wildman–Crippen MR) is 87.6 cm³/mol. The van der Waals surface area contributed by atoms with Crippen molar-refractivity contribution in [2.24, 2.45) is 0 Å². The third kappa shape index (κ3) is 2.29. The lowest BCUT2D eigenvalue weighted by molar-refractivity contribution is 0.311. The number of aliphatic hydroxyl groups excluding tert-OH is 1. The number of fused-ring (bicyclic) bond motifs is 2. The van der Waals surface area contributed by atoms with Crippen molar-refractivity contribution in [2.45, 2.75) is 0 Å². The zero-order valence-corrected chi connectivity index (χ0v) is 12.2. The van der Waals surface area contributed by atoms with Gasteiger partial charge in [0.1, 0.15) is 28.5 Å². The first-order valence-electron chi connectivity index (χ1n) is 7.31. The number of aromatic nitrogens is 2. The first-order chi connectivity index (χ1) is 11.3. The molecule has 0 fully saturated rings. The average Bonchev–Trinajstić information content (AvgIpc) is 3.13.